The maximum Gasteiger partial charge on any atom is 0.0197 e. The summed E-state index contributed by atoms with van der Waals surface area (Å²) >= 11 is 0. The molecule has 2 heteroatoms. The lowest BCUT2D eigenvalue weighted by molar-refractivity contribution is 0.192. The quantitative estimate of drug-likeness (QED) is 0.792. The third kappa shape index (κ3) is 4.59. The second-order valence-electron chi connectivity index (χ2n) is 6.65. The van der Waals surface area contributed by atoms with Crippen LogP contribution in [0, 0.1) is 11.8 Å². The van der Waals surface area contributed by atoms with Crippen LogP contribution in [-0.2, 0) is 0 Å². The van der Waals surface area contributed by atoms with Crippen LogP contribution in [0.25, 0.3) is 0 Å². The van der Waals surface area contributed by atoms with Gasteiger partial charge in [0, 0.05) is 18.6 Å². The first kappa shape index (κ1) is 13.4. The topological polar surface area (TPSA) is 15.3 Å². The zero-order valence-corrected chi connectivity index (χ0v) is 11.9. The molecule has 0 amide bonds. The van der Waals surface area contributed by atoms with Gasteiger partial charge in [0.1, 0.15) is 0 Å². The Bertz CT molecular complexity index is 223. The van der Waals surface area contributed by atoms with Crippen molar-refractivity contribution in [3.63, 3.8) is 0 Å². The van der Waals surface area contributed by atoms with Crippen molar-refractivity contribution in [1.29, 1.82) is 0 Å². The van der Waals surface area contributed by atoms with E-state index in [9.17, 15) is 0 Å². The molecule has 0 aromatic rings. The first-order chi connectivity index (χ1) is 8.15. The second-order valence-corrected chi connectivity index (χ2v) is 6.65. The van der Waals surface area contributed by atoms with Crippen LogP contribution >= 0.6 is 0 Å². The third-order valence-electron chi connectivity index (χ3n) is 4.35. The summed E-state index contributed by atoms with van der Waals surface area (Å²) in [4.78, 5) is 2.74. The van der Waals surface area contributed by atoms with Crippen molar-refractivity contribution >= 4 is 0 Å². The van der Waals surface area contributed by atoms with E-state index in [1.165, 1.54) is 51.7 Å². The Balaban J connectivity index is 1.81. The van der Waals surface area contributed by atoms with Gasteiger partial charge >= 0.3 is 0 Å². The van der Waals surface area contributed by atoms with E-state index in [0.29, 0.717) is 0 Å². The van der Waals surface area contributed by atoms with Gasteiger partial charge in [-0.15, -0.1) is 0 Å². The van der Waals surface area contributed by atoms with E-state index < -0.39 is 0 Å². The van der Waals surface area contributed by atoms with Crippen molar-refractivity contribution in [1.82, 2.24) is 10.2 Å². The zero-order valence-electron chi connectivity index (χ0n) is 11.9. The van der Waals surface area contributed by atoms with Gasteiger partial charge in [-0.25, -0.2) is 0 Å². The molecular weight excluding hydrogens is 208 g/mol. The summed E-state index contributed by atoms with van der Waals surface area (Å²) in [7, 11) is 0. The second kappa shape index (κ2) is 6.19. The summed E-state index contributed by atoms with van der Waals surface area (Å²) in [6.07, 6.45) is 7.08. The predicted molar refractivity (Wildman–Crippen MR) is 74.2 cm³/mol. The number of nitrogens with one attached hydrogen (secondary N) is 1. The van der Waals surface area contributed by atoms with Gasteiger partial charge in [0.15, 0.2) is 0 Å². The highest BCUT2D eigenvalue weighted by Gasteiger charge is 2.26. The standard InChI is InChI=1S/C15H30N2/c1-12(2)10-15-11-17(9-7-14-4-5-14)13(3)6-8-16-15/h12-16H,4-11H2,1-3H3. The van der Waals surface area contributed by atoms with E-state index in [1.807, 2.05) is 0 Å². The fourth-order valence-electron chi connectivity index (χ4n) is 3.00. The van der Waals surface area contributed by atoms with Crippen LogP contribution in [0.1, 0.15) is 52.9 Å². The van der Waals surface area contributed by atoms with E-state index >= 15 is 0 Å². The Morgan fingerprint density at radius 2 is 2.00 bits per heavy atom. The van der Waals surface area contributed by atoms with E-state index in [0.717, 1.165) is 23.9 Å². The maximum atomic E-state index is 3.73. The number of hydrogen-bond donors (Lipinski definition) is 1. The van der Waals surface area contributed by atoms with Crippen molar-refractivity contribution in [2.45, 2.75) is 65.0 Å². The Labute approximate surface area is 107 Å². The maximum absolute atomic E-state index is 3.73. The van der Waals surface area contributed by atoms with Crippen molar-refractivity contribution in [2.75, 3.05) is 19.6 Å². The molecule has 1 aliphatic carbocycles. The first-order valence-electron chi connectivity index (χ1n) is 7.62. The zero-order chi connectivity index (χ0) is 12.3. The van der Waals surface area contributed by atoms with Crippen LogP contribution < -0.4 is 5.32 Å². The van der Waals surface area contributed by atoms with Crippen LogP contribution in [0.2, 0.25) is 0 Å². The molecule has 17 heavy (non-hydrogen) atoms. The molecule has 1 aliphatic heterocycles. The largest absolute Gasteiger partial charge is 0.313 e. The molecule has 0 spiro atoms. The van der Waals surface area contributed by atoms with Crippen molar-refractivity contribution in [2.24, 2.45) is 11.8 Å². The van der Waals surface area contributed by atoms with Crippen molar-refractivity contribution < 1.29 is 0 Å². The summed E-state index contributed by atoms with van der Waals surface area (Å²) in [6, 6.07) is 1.50. The van der Waals surface area contributed by atoms with Gasteiger partial charge in [-0.2, -0.15) is 0 Å². The lowest BCUT2D eigenvalue weighted by Gasteiger charge is -2.29. The normalized spacial score (nSPS) is 31.8. The van der Waals surface area contributed by atoms with Gasteiger partial charge in [0.25, 0.3) is 0 Å². The first-order valence-corrected chi connectivity index (χ1v) is 7.62. The lowest BCUT2D eigenvalue weighted by atomic mass is 10.0. The molecule has 1 saturated carbocycles. The molecule has 100 valence electrons. The third-order valence-corrected chi connectivity index (χ3v) is 4.35. The fraction of sp³-hybridized carbons (Fsp3) is 1.00. The minimum Gasteiger partial charge on any atom is -0.313 e. The van der Waals surface area contributed by atoms with Crippen molar-refractivity contribution in [3.05, 3.63) is 0 Å². The van der Waals surface area contributed by atoms with E-state index in [1.54, 1.807) is 0 Å². The summed E-state index contributed by atoms with van der Waals surface area (Å²) in [5, 5.41) is 3.73. The summed E-state index contributed by atoms with van der Waals surface area (Å²) in [6.45, 7) is 10.9. The van der Waals surface area contributed by atoms with Crippen LogP contribution in [0.3, 0.4) is 0 Å². The molecule has 0 radical (unpaired) electrons. The van der Waals surface area contributed by atoms with Gasteiger partial charge in [0.05, 0.1) is 0 Å². The molecule has 2 fully saturated rings. The summed E-state index contributed by atoms with van der Waals surface area (Å²) in [5.41, 5.74) is 0. The lowest BCUT2D eigenvalue weighted by Crippen LogP contribution is -2.41. The van der Waals surface area contributed by atoms with Crippen LogP contribution in [0.15, 0.2) is 0 Å². The summed E-state index contributed by atoms with van der Waals surface area (Å²) in [5.74, 6) is 1.88. The van der Waals surface area contributed by atoms with Crippen molar-refractivity contribution in [3.8, 4) is 0 Å². The van der Waals surface area contributed by atoms with Gasteiger partial charge < -0.3 is 5.32 Å². The molecule has 2 atom stereocenters. The monoisotopic (exact) mass is 238 g/mol. The number of hydrogen-bond acceptors (Lipinski definition) is 2. The molecule has 1 heterocycles. The van der Waals surface area contributed by atoms with Crippen LogP contribution in [-0.4, -0.2) is 36.6 Å². The van der Waals surface area contributed by atoms with Gasteiger partial charge in [-0.3, -0.25) is 4.90 Å². The van der Waals surface area contributed by atoms with Crippen LogP contribution in [0.5, 0.6) is 0 Å². The Morgan fingerprint density at radius 1 is 1.24 bits per heavy atom. The van der Waals surface area contributed by atoms with Gasteiger partial charge in [-0.1, -0.05) is 26.7 Å². The minimum absolute atomic E-state index is 0.721. The summed E-state index contributed by atoms with van der Waals surface area (Å²) < 4.78 is 0. The average Bonchev–Trinajstić information content (AvgIpc) is 3.05. The molecule has 1 N–H and O–H groups in total. The highest BCUT2D eigenvalue weighted by molar-refractivity contribution is 4.83. The molecule has 2 rings (SSSR count). The molecule has 2 unspecified atom stereocenters. The Kier molecular flexibility index (Phi) is 4.87. The van der Waals surface area contributed by atoms with Crippen LogP contribution in [0.4, 0.5) is 0 Å². The van der Waals surface area contributed by atoms with E-state index in [-0.39, 0.29) is 0 Å². The minimum atomic E-state index is 0.721. The van der Waals surface area contributed by atoms with E-state index in [2.05, 4.69) is 31.0 Å². The smallest absolute Gasteiger partial charge is 0.0197 e. The average molecular weight is 238 g/mol. The molecule has 2 aliphatic rings. The predicted octanol–water partition coefficient (Wildman–Crippen LogP) is 2.89. The molecule has 0 bridgehead atoms. The molecule has 2 nitrogen and oxygen atoms in total. The fourth-order valence-corrected chi connectivity index (χ4v) is 3.00. The SMILES string of the molecule is CC(C)CC1CN(CCC2CC2)C(C)CCN1. The molecule has 0 aromatic heterocycles. The van der Waals surface area contributed by atoms with Gasteiger partial charge in [-0.05, 0) is 51.1 Å². The number of nitrogens with zero attached hydrogens (tertiary/aromatic N) is 1. The highest BCUT2D eigenvalue weighted by atomic mass is 15.2. The Hall–Kier alpha value is -0.0800. The molecule has 1 saturated heterocycles. The van der Waals surface area contributed by atoms with Gasteiger partial charge in [0.2, 0.25) is 0 Å². The highest BCUT2D eigenvalue weighted by Crippen LogP contribution is 2.32. The van der Waals surface area contributed by atoms with E-state index in [4.69, 9.17) is 0 Å². The molecular formula is C15H30N2. The Morgan fingerprint density at radius 3 is 2.65 bits per heavy atom. The number of rotatable bonds is 5. The molecule has 0 aromatic carbocycles.